The van der Waals surface area contributed by atoms with Gasteiger partial charge in [-0.15, -0.1) is 0 Å². The van der Waals surface area contributed by atoms with Gasteiger partial charge in [-0.05, 0) is 31.2 Å². The smallest absolute Gasteiger partial charge is 0.151 e. The Morgan fingerprint density at radius 3 is 2.63 bits per heavy atom. The summed E-state index contributed by atoms with van der Waals surface area (Å²) in [6.45, 7) is 4.80. The molecule has 0 saturated carbocycles. The molecule has 2 rings (SSSR count). The van der Waals surface area contributed by atoms with Crippen LogP contribution < -0.4 is 10.1 Å². The minimum atomic E-state index is -0.165. The maximum absolute atomic E-state index is 5.36. The lowest BCUT2D eigenvalue weighted by Gasteiger charge is -2.18. The molecule has 1 N–H and O–H groups in total. The molecule has 1 atom stereocenters. The van der Waals surface area contributed by atoms with Gasteiger partial charge in [-0.25, -0.2) is 9.97 Å². The van der Waals surface area contributed by atoms with E-state index in [1.54, 1.807) is 13.3 Å². The molecule has 0 spiro atoms. The van der Waals surface area contributed by atoms with Crippen LogP contribution in [0.25, 0.3) is 0 Å². The van der Waals surface area contributed by atoms with Crippen LogP contribution in [0.3, 0.4) is 0 Å². The Bertz CT molecular complexity index is 527. The largest absolute Gasteiger partial charge is 0.495 e. The van der Waals surface area contributed by atoms with E-state index < -0.39 is 0 Å². The molecule has 2 aromatic rings. The van der Waals surface area contributed by atoms with Crippen LogP contribution in [0.2, 0.25) is 0 Å². The van der Waals surface area contributed by atoms with Gasteiger partial charge in [0.05, 0.1) is 7.11 Å². The molecule has 19 heavy (non-hydrogen) atoms. The summed E-state index contributed by atoms with van der Waals surface area (Å²) in [6.07, 6.45) is 5.36. The summed E-state index contributed by atoms with van der Waals surface area (Å²) in [5, 5.41) is 3.34. The van der Waals surface area contributed by atoms with Crippen molar-refractivity contribution in [3.63, 3.8) is 0 Å². The first kappa shape index (κ1) is 13.4. The lowest BCUT2D eigenvalue weighted by molar-refractivity contribution is 0.399. The second-order valence-electron chi connectivity index (χ2n) is 4.20. The number of methoxy groups -OCH3 is 1. The molecule has 0 aliphatic carbocycles. The molecule has 5 heteroatoms. The number of nitrogens with one attached hydrogen (secondary N) is 1. The van der Waals surface area contributed by atoms with Gasteiger partial charge in [-0.2, -0.15) is 0 Å². The van der Waals surface area contributed by atoms with Crippen LogP contribution >= 0.6 is 0 Å². The van der Waals surface area contributed by atoms with Crippen LogP contribution in [0.5, 0.6) is 5.75 Å². The Balaban J connectivity index is 2.42. The molecule has 0 fully saturated rings. The molecular weight excluding hydrogens is 240 g/mol. The lowest BCUT2D eigenvalue weighted by atomic mass is 10.1. The highest BCUT2D eigenvalue weighted by molar-refractivity contribution is 5.33. The number of hydrogen-bond acceptors (Lipinski definition) is 5. The number of nitrogens with zero attached hydrogens (tertiary/aromatic N) is 3. The van der Waals surface area contributed by atoms with Crippen molar-refractivity contribution in [3.8, 4) is 5.75 Å². The molecule has 0 aliphatic heterocycles. The van der Waals surface area contributed by atoms with Gasteiger partial charge in [-0.1, -0.05) is 6.92 Å². The molecule has 0 radical (unpaired) electrons. The van der Waals surface area contributed by atoms with Crippen molar-refractivity contribution in [1.82, 2.24) is 20.3 Å². The Morgan fingerprint density at radius 2 is 2.00 bits per heavy atom. The summed E-state index contributed by atoms with van der Waals surface area (Å²) >= 11 is 0. The van der Waals surface area contributed by atoms with E-state index >= 15 is 0 Å². The molecular formula is C14H18N4O. The van der Waals surface area contributed by atoms with Crippen LogP contribution in [0.4, 0.5) is 0 Å². The van der Waals surface area contributed by atoms with E-state index in [9.17, 15) is 0 Å². The quantitative estimate of drug-likeness (QED) is 0.887. The van der Waals surface area contributed by atoms with Gasteiger partial charge in [0, 0.05) is 18.6 Å². The number of aromatic nitrogens is 3. The van der Waals surface area contributed by atoms with Crippen LogP contribution in [0.15, 0.2) is 30.7 Å². The number of hydrogen-bond donors (Lipinski definition) is 1. The first-order valence-electron chi connectivity index (χ1n) is 6.27. The average Bonchev–Trinajstić information content (AvgIpc) is 2.46. The summed E-state index contributed by atoms with van der Waals surface area (Å²) in [4.78, 5) is 13.2. The van der Waals surface area contributed by atoms with Crippen LogP contribution in [-0.2, 0) is 0 Å². The fraction of sp³-hybridized carbons (Fsp3) is 0.357. The standard InChI is InChI=1S/C14H18N4O/c1-4-15-13(14-17-8-10(2)9-18-14)12-11(19-3)6-5-7-16-12/h5-9,13,15H,4H2,1-3H3. The van der Waals surface area contributed by atoms with Gasteiger partial charge >= 0.3 is 0 Å². The number of pyridine rings is 1. The number of rotatable bonds is 5. The Hall–Kier alpha value is -2.01. The molecule has 2 aromatic heterocycles. The molecule has 0 saturated heterocycles. The summed E-state index contributed by atoms with van der Waals surface area (Å²) in [5.41, 5.74) is 1.84. The third-order valence-electron chi connectivity index (χ3n) is 2.76. The molecule has 2 heterocycles. The normalized spacial score (nSPS) is 12.2. The molecule has 1 unspecified atom stereocenters. The van der Waals surface area contributed by atoms with Gasteiger partial charge in [0.1, 0.15) is 17.5 Å². The zero-order valence-corrected chi connectivity index (χ0v) is 11.4. The van der Waals surface area contributed by atoms with E-state index in [2.05, 4.69) is 20.3 Å². The number of ether oxygens (including phenoxy) is 1. The van der Waals surface area contributed by atoms with Gasteiger partial charge in [0.15, 0.2) is 5.82 Å². The molecule has 0 amide bonds. The predicted molar refractivity (Wildman–Crippen MR) is 73.1 cm³/mol. The SMILES string of the molecule is CCNC(c1ncc(C)cn1)c1ncccc1OC. The minimum Gasteiger partial charge on any atom is -0.495 e. The highest BCUT2D eigenvalue weighted by atomic mass is 16.5. The Morgan fingerprint density at radius 1 is 1.26 bits per heavy atom. The average molecular weight is 258 g/mol. The fourth-order valence-corrected chi connectivity index (χ4v) is 1.86. The number of aryl methyl sites for hydroxylation is 1. The summed E-state index contributed by atoms with van der Waals surface area (Å²) in [6, 6.07) is 3.57. The van der Waals surface area contributed by atoms with Crippen LogP contribution in [0, 0.1) is 6.92 Å². The Kier molecular flexibility index (Phi) is 4.41. The zero-order chi connectivity index (χ0) is 13.7. The summed E-state index contributed by atoms with van der Waals surface area (Å²) in [7, 11) is 1.64. The molecule has 0 aliphatic rings. The first-order chi connectivity index (χ1) is 9.26. The summed E-state index contributed by atoms with van der Waals surface area (Å²) < 4.78 is 5.36. The Labute approximate surface area is 113 Å². The first-order valence-corrected chi connectivity index (χ1v) is 6.27. The van der Waals surface area contributed by atoms with E-state index in [0.717, 1.165) is 23.6 Å². The van der Waals surface area contributed by atoms with Crippen molar-refractivity contribution in [2.24, 2.45) is 0 Å². The van der Waals surface area contributed by atoms with E-state index in [0.29, 0.717) is 5.82 Å². The van der Waals surface area contributed by atoms with Crippen molar-refractivity contribution in [2.45, 2.75) is 19.9 Å². The van der Waals surface area contributed by atoms with Gasteiger partial charge in [-0.3, -0.25) is 4.98 Å². The second-order valence-corrected chi connectivity index (χ2v) is 4.20. The lowest BCUT2D eigenvalue weighted by Crippen LogP contribution is -2.25. The molecule has 0 aromatic carbocycles. The molecule has 5 nitrogen and oxygen atoms in total. The van der Waals surface area contributed by atoms with Crippen molar-refractivity contribution in [3.05, 3.63) is 47.8 Å². The highest BCUT2D eigenvalue weighted by Gasteiger charge is 2.20. The van der Waals surface area contributed by atoms with Gasteiger partial charge in [0.2, 0.25) is 0 Å². The maximum Gasteiger partial charge on any atom is 0.151 e. The van der Waals surface area contributed by atoms with Gasteiger partial charge in [0.25, 0.3) is 0 Å². The fourth-order valence-electron chi connectivity index (χ4n) is 1.86. The molecule has 0 bridgehead atoms. The maximum atomic E-state index is 5.36. The van der Waals surface area contributed by atoms with Crippen LogP contribution in [-0.4, -0.2) is 28.6 Å². The highest BCUT2D eigenvalue weighted by Crippen LogP contribution is 2.25. The van der Waals surface area contributed by atoms with E-state index in [-0.39, 0.29) is 6.04 Å². The second kappa shape index (κ2) is 6.24. The molecule has 100 valence electrons. The topological polar surface area (TPSA) is 59.9 Å². The van der Waals surface area contributed by atoms with E-state index in [4.69, 9.17) is 4.74 Å². The van der Waals surface area contributed by atoms with Crippen LogP contribution in [0.1, 0.15) is 30.0 Å². The van der Waals surface area contributed by atoms with E-state index in [1.807, 2.05) is 38.4 Å². The van der Waals surface area contributed by atoms with Crippen molar-refractivity contribution in [2.75, 3.05) is 13.7 Å². The minimum absolute atomic E-state index is 0.165. The predicted octanol–water partition coefficient (Wildman–Crippen LogP) is 1.89. The van der Waals surface area contributed by atoms with Gasteiger partial charge < -0.3 is 10.1 Å². The van der Waals surface area contributed by atoms with Crippen molar-refractivity contribution in [1.29, 1.82) is 0 Å². The monoisotopic (exact) mass is 258 g/mol. The zero-order valence-electron chi connectivity index (χ0n) is 11.4. The van der Waals surface area contributed by atoms with Crippen molar-refractivity contribution < 1.29 is 4.74 Å². The van der Waals surface area contributed by atoms with Crippen molar-refractivity contribution >= 4 is 0 Å². The third-order valence-corrected chi connectivity index (χ3v) is 2.76. The van der Waals surface area contributed by atoms with E-state index in [1.165, 1.54) is 0 Å². The third kappa shape index (κ3) is 3.06. The summed E-state index contributed by atoms with van der Waals surface area (Å²) in [5.74, 6) is 1.43.